The van der Waals surface area contributed by atoms with Gasteiger partial charge in [-0.3, -0.25) is 0 Å². The third-order valence-corrected chi connectivity index (χ3v) is 3.25. The van der Waals surface area contributed by atoms with Crippen molar-refractivity contribution in [1.29, 1.82) is 0 Å². The summed E-state index contributed by atoms with van der Waals surface area (Å²) < 4.78 is 52.0. The van der Waals surface area contributed by atoms with Gasteiger partial charge in [-0.15, -0.1) is 0 Å². The molecule has 1 aromatic carbocycles. The first-order valence-electron chi connectivity index (χ1n) is 5.05. The van der Waals surface area contributed by atoms with Gasteiger partial charge in [-0.25, -0.2) is 4.39 Å². The fraction of sp³-hybridized carbons (Fsp3) is 0.0833. The Morgan fingerprint density at radius 3 is 2.47 bits per heavy atom. The van der Waals surface area contributed by atoms with E-state index in [9.17, 15) is 17.6 Å². The summed E-state index contributed by atoms with van der Waals surface area (Å²) in [6, 6.07) is 6.00. The lowest BCUT2D eigenvalue weighted by molar-refractivity contribution is -0.137. The molecule has 0 aliphatic rings. The predicted octanol–water partition coefficient (Wildman–Crippen LogP) is 5.33. The molecule has 1 nitrogen and oxygen atoms in total. The van der Waals surface area contributed by atoms with Gasteiger partial charge >= 0.3 is 6.18 Å². The van der Waals surface area contributed by atoms with Crippen molar-refractivity contribution in [3.8, 4) is 11.3 Å². The van der Waals surface area contributed by atoms with Gasteiger partial charge < -0.3 is 4.98 Å². The van der Waals surface area contributed by atoms with E-state index in [1.165, 1.54) is 18.2 Å². The standard InChI is InChI=1S/C12H6BrF4NS/c13-8-3-1-2-7(11(8)14)9-4-6(12(15,16)17)5-10(19)18-9/h1-5H,(H,18,19). The zero-order valence-corrected chi connectivity index (χ0v) is 11.6. The maximum absolute atomic E-state index is 13.9. The van der Waals surface area contributed by atoms with E-state index in [1.54, 1.807) is 0 Å². The molecule has 0 radical (unpaired) electrons. The molecule has 0 atom stereocenters. The van der Waals surface area contributed by atoms with Crippen molar-refractivity contribution in [2.75, 3.05) is 0 Å². The highest BCUT2D eigenvalue weighted by Crippen LogP contribution is 2.33. The number of aromatic amines is 1. The molecule has 19 heavy (non-hydrogen) atoms. The highest BCUT2D eigenvalue weighted by atomic mass is 79.9. The normalized spacial score (nSPS) is 11.6. The molecule has 0 aliphatic carbocycles. The van der Waals surface area contributed by atoms with Gasteiger partial charge in [0, 0.05) is 11.3 Å². The molecule has 0 aliphatic heterocycles. The summed E-state index contributed by atoms with van der Waals surface area (Å²) in [7, 11) is 0. The molecule has 1 N–H and O–H groups in total. The van der Waals surface area contributed by atoms with Crippen molar-refractivity contribution in [3.05, 3.63) is 50.8 Å². The minimum Gasteiger partial charge on any atom is -0.346 e. The Morgan fingerprint density at radius 1 is 1.16 bits per heavy atom. The summed E-state index contributed by atoms with van der Waals surface area (Å²) >= 11 is 7.73. The fourth-order valence-electron chi connectivity index (χ4n) is 1.56. The van der Waals surface area contributed by atoms with E-state index in [4.69, 9.17) is 12.2 Å². The van der Waals surface area contributed by atoms with Gasteiger partial charge in [-0.05, 0) is 40.2 Å². The van der Waals surface area contributed by atoms with Crippen LogP contribution < -0.4 is 0 Å². The Kier molecular flexibility index (Phi) is 3.78. The molecule has 0 spiro atoms. The molecule has 100 valence electrons. The molecular weight excluding hydrogens is 346 g/mol. The minimum atomic E-state index is -4.53. The van der Waals surface area contributed by atoms with Crippen LogP contribution in [0.3, 0.4) is 0 Å². The van der Waals surface area contributed by atoms with Crippen molar-refractivity contribution in [1.82, 2.24) is 4.98 Å². The summed E-state index contributed by atoms with van der Waals surface area (Å²) in [5.74, 6) is -0.646. The van der Waals surface area contributed by atoms with E-state index < -0.39 is 17.6 Å². The topological polar surface area (TPSA) is 15.8 Å². The van der Waals surface area contributed by atoms with E-state index in [0.717, 1.165) is 12.1 Å². The summed E-state index contributed by atoms with van der Waals surface area (Å²) in [4.78, 5) is 2.56. The van der Waals surface area contributed by atoms with Crippen molar-refractivity contribution < 1.29 is 17.6 Å². The number of halogens is 5. The van der Waals surface area contributed by atoms with Crippen LogP contribution in [0.4, 0.5) is 17.6 Å². The van der Waals surface area contributed by atoms with Crippen LogP contribution in [0.1, 0.15) is 5.56 Å². The monoisotopic (exact) mass is 351 g/mol. The molecule has 2 rings (SSSR count). The number of hydrogen-bond donors (Lipinski definition) is 1. The zero-order chi connectivity index (χ0) is 14.2. The maximum atomic E-state index is 13.9. The average Bonchev–Trinajstić information content (AvgIpc) is 2.31. The summed E-state index contributed by atoms with van der Waals surface area (Å²) in [6.45, 7) is 0. The van der Waals surface area contributed by atoms with Crippen LogP contribution in [0, 0.1) is 10.5 Å². The summed E-state index contributed by atoms with van der Waals surface area (Å²) in [6.07, 6.45) is -4.53. The number of H-pyrrole nitrogens is 1. The first-order chi connectivity index (χ1) is 8.79. The van der Waals surface area contributed by atoms with E-state index in [0.29, 0.717) is 0 Å². The summed E-state index contributed by atoms with van der Waals surface area (Å²) in [5.41, 5.74) is -0.907. The van der Waals surface area contributed by atoms with E-state index >= 15 is 0 Å². The van der Waals surface area contributed by atoms with Gasteiger partial charge in [0.25, 0.3) is 0 Å². The van der Waals surface area contributed by atoms with Crippen LogP contribution in [0.2, 0.25) is 0 Å². The van der Waals surface area contributed by atoms with Gasteiger partial charge in [-0.1, -0.05) is 18.3 Å². The molecule has 2 aromatic rings. The molecule has 0 saturated carbocycles. The number of nitrogens with one attached hydrogen (secondary N) is 1. The highest BCUT2D eigenvalue weighted by Gasteiger charge is 2.31. The van der Waals surface area contributed by atoms with Gasteiger partial charge in [-0.2, -0.15) is 13.2 Å². The number of aromatic nitrogens is 1. The number of alkyl halides is 3. The van der Waals surface area contributed by atoms with Gasteiger partial charge in [0.15, 0.2) is 0 Å². The molecule has 1 heterocycles. The number of benzene rings is 1. The van der Waals surface area contributed by atoms with Gasteiger partial charge in [0.05, 0.1) is 10.0 Å². The third-order valence-electron chi connectivity index (χ3n) is 2.41. The second-order valence-electron chi connectivity index (χ2n) is 3.75. The first kappa shape index (κ1) is 14.2. The lowest BCUT2D eigenvalue weighted by atomic mass is 10.1. The number of hydrogen-bond acceptors (Lipinski definition) is 1. The van der Waals surface area contributed by atoms with Crippen molar-refractivity contribution in [2.45, 2.75) is 6.18 Å². The van der Waals surface area contributed by atoms with Crippen LogP contribution in [-0.4, -0.2) is 4.98 Å². The third kappa shape index (κ3) is 3.03. The van der Waals surface area contributed by atoms with E-state index in [-0.39, 0.29) is 20.4 Å². The van der Waals surface area contributed by atoms with Crippen LogP contribution in [0.5, 0.6) is 0 Å². The molecule has 0 bridgehead atoms. The minimum absolute atomic E-state index is 0.0152. The Balaban J connectivity index is 2.67. The Bertz CT molecular complexity index is 678. The molecule has 7 heteroatoms. The predicted molar refractivity (Wildman–Crippen MR) is 69.7 cm³/mol. The Morgan fingerprint density at radius 2 is 1.84 bits per heavy atom. The number of pyridine rings is 1. The molecular formula is C12H6BrF4NS. The van der Waals surface area contributed by atoms with E-state index in [2.05, 4.69) is 20.9 Å². The second kappa shape index (κ2) is 5.05. The van der Waals surface area contributed by atoms with Crippen LogP contribution in [-0.2, 0) is 6.18 Å². The van der Waals surface area contributed by atoms with Crippen LogP contribution in [0.25, 0.3) is 11.3 Å². The quantitative estimate of drug-likeness (QED) is 0.542. The molecule has 0 fully saturated rings. The molecule has 0 amide bonds. The highest BCUT2D eigenvalue weighted by molar-refractivity contribution is 9.10. The molecule has 0 unspecified atom stereocenters. The Hall–Kier alpha value is -1.21. The lowest BCUT2D eigenvalue weighted by Gasteiger charge is -2.10. The average molecular weight is 352 g/mol. The van der Waals surface area contributed by atoms with Crippen molar-refractivity contribution in [3.63, 3.8) is 0 Å². The Labute approximate surface area is 119 Å². The molecule has 0 saturated heterocycles. The summed E-state index contributed by atoms with van der Waals surface area (Å²) in [5, 5.41) is 0. The first-order valence-corrected chi connectivity index (χ1v) is 6.25. The zero-order valence-electron chi connectivity index (χ0n) is 9.18. The maximum Gasteiger partial charge on any atom is 0.416 e. The lowest BCUT2D eigenvalue weighted by Crippen LogP contribution is -2.06. The van der Waals surface area contributed by atoms with Crippen molar-refractivity contribution in [2.24, 2.45) is 0 Å². The SMILES string of the molecule is Fc1c(Br)cccc1-c1cc(C(F)(F)F)cc(=S)[nH]1. The van der Waals surface area contributed by atoms with Crippen molar-refractivity contribution >= 4 is 28.1 Å². The smallest absolute Gasteiger partial charge is 0.346 e. The molecule has 1 aromatic heterocycles. The largest absolute Gasteiger partial charge is 0.416 e. The van der Waals surface area contributed by atoms with Crippen LogP contribution >= 0.6 is 28.1 Å². The second-order valence-corrected chi connectivity index (χ2v) is 5.04. The van der Waals surface area contributed by atoms with Gasteiger partial charge in [0.1, 0.15) is 10.5 Å². The van der Waals surface area contributed by atoms with E-state index in [1.807, 2.05) is 0 Å². The fourth-order valence-corrected chi connectivity index (χ4v) is 2.17. The van der Waals surface area contributed by atoms with Gasteiger partial charge in [0.2, 0.25) is 0 Å². The van der Waals surface area contributed by atoms with Crippen LogP contribution in [0.15, 0.2) is 34.8 Å². The number of rotatable bonds is 1.